The van der Waals surface area contributed by atoms with Crippen LogP contribution in [-0.4, -0.2) is 13.1 Å². The Bertz CT molecular complexity index is 616. The molecule has 2 heteroatoms. The number of rotatable bonds is 3. The Hall–Kier alpha value is -2.09. The van der Waals surface area contributed by atoms with Crippen LogP contribution in [0.15, 0.2) is 54.6 Å². The molecule has 102 valence electrons. The van der Waals surface area contributed by atoms with Gasteiger partial charge in [-0.15, -0.1) is 0 Å². The molecule has 1 fully saturated rings. The van der Waals surface area contributed by atoms with Gasteiger partial charge in [0.05, 0.1) is 7.11 Å². The second kappa shape index (κ2) is 4.78. The van der Waals surface area contributed by atoms with E-state index in [1.165, 1.54) is 18.2 Å². The highest BCUT2D eigenvalue weighted by Gasteiger charge is 2.62. The van der Waals surface area contributed by atoms with Gasteiger partial charge in [-0.3, -0.25) is 4.79 Å². The van der Waals surface area contributed by atoms with Crippen molar-refractivity contribution in [1.82, 2.24) is 0 Å². The van der Waals surface area contributed by atoms with Gasteiger partial charge in [-0.1, -0.05) is 60.2 Å². The van der Waals surface area contributed by atoms with Crippen LogP contribution in [0.25, 0.3) is 0 Å². The maximum atomic E-state index is 12.3. The van der Waals surface area contributed by atoms with Gasteiger partial charge in [0.1, 0.15) is 5.41 Å². The fourth-order valence-corrected chi connectivity index (χ4v) is 3.04. The van der Waals surface area contributed by atoms with Crippen LogP contribution in [0, 0.1) is 6.92 Å². The highest BCUT2D eigenvalue weighted by Crippen LogP contribution is 2.61. The van der Waals surface area contributed by atoms with Crippen LogP contribution in [0.4, 0.5) is 0 Å². The summed E-state index contributed by atoms with van der Waals surface area (Å²) in [5.41, 5.74) is 3.01. The van der Waals surface area contributed by atoms with Gasteiger partial charge in [-0.2, -0.15) is 0 Å². The molecule has 0 bridgehead atoms. The van der Waals surface area contributed by atoms with Crippen molar-refractivity contribution >= 4 is 5.97 Å². The molecule has 0 heterocycles. The average molecular weight is 266 g/mol. The van der Waals surface area contributed by atoms with E-state index in [1.807, 2.05) is 30.3 Å². The molecule has 0 spiro atoms. The summed E-state index contributed by atoms with van der Waals surface area (Å²) < 4.78 is 5.07. The lowest BCUT2D eigenvalue weighted by Gasteiger charge is -2.15. The van der Waals surface area contributed by atoms with Crippen molar-refractivity contribution in [2.75, 3.05) is 7.11 Å². The van der Waals surface area contributed by atoms with Crippen molar-refractivity contribution in [1.29, 1.82) is 0 Å². The van der Waals surface area contributed by atoms with E-state index in [4.69, 9.17) is 4.74 Å². The monoisotopic (exact) mass is 266 g/mol. The van der Waals surface area contributed by atoms with Gasteiger partial charge in [-0.05, 0) is 24.5 Å². The number of carbonyl (C=O) groups excluding carboxylic acids is 1. The van der Waals surface area contributed by atoms with Crippen LogP contribution >= 0.6 is 0 Å². The summed E-state index contributed by atoms with van der Waals surface area (Å²) >= 11 is 0. The molecule has 1 aliphatic rings. The molecule has 0 aliphatic heterocycles. The molecular weight excluding hydrogens is 248 g/mol. The summed E-state index contributed by atoms with van der Waals surface area (Å²) in [5, 5.41) is 0. The number of hydrogen-bond donors (Lipinski definition) is 0. The fraction of sp³-hybridized carbons (Fsp3) is 0.278. The normalized spacial score (nSPS) is 24.2. The summed E-state index contributed by atoms with van der Waals surface area (Å²) in [6, 6.07) is 18.4. The van der Waals surface area contributed by atoms with Crippen molar-refractivity contribution in [2.24, 2.45) is 0 Å². The van der Waals surface area contributed by atoms with E-state index in [0.29, 0.717) is 0 Å². The van der Waals surface area contributed by atoms with E-state index in [0.717, 1.165) is 12.0 Å². The molecule has 0 aromatic heterocycles. The van der Waals surface area contributed by atoms with Crippen molar-refractivity contribution in [3.05, 3.63) is 71.3 Å². The van der Waals surface area contributed by atoms with Gasteiger partial charge < -0.3 is 4.74 Å². The third kappa shape index (κ3) is 1.92. The number of hydrogen-bond acceptors (Lipinski definition) is 2. The lowest BCUT2D eigenvalue weighted by molar-refractivity contribution is -0.143. The minimum Gasteiger partial charge on any atom is -0.468 e. The van der Waals surface area contributed by atoms with E-state index in [2.05, 4.69) is 31.2 Å². The molecule has 2 atom stereocenters. The molecule has 0 unspecified atom stereocenters. The smallest absolute Gasteiger partial charge is 0.316 e. The number of aryl methyl sites for hydroxylation is 1. The molecule has 20 heavy (non-hydrogen) atoms. The van der Waals surface area contributed by atoms with Crippen LogP contribution in [0.1, 0.15) is 29.0 Å². The maximum Gasteiger partial charge on any atom is 0.316 e. The molecule has 2 aromatic rings. The molecule has 1 aliphatic carbocycles. The first kappa shape index (κ1) is 12.9. The number of carbonyl (C=O) groups is 1. The van der Waals surface area contributed by atoms with Crippen molar-refractivity contribution in [3.63, 3.8) is 0 Å². The summed E-state index contributed by atoms with van der Waals surface area (Å²) in [5.74, 6) is 0.0900. The highest BCUT2D eigenvalue weighted by atomic mass is 16.5. The SMILES string of the molecule is COC(=O)[C@@]1(c2ccccc2)C[C@@H]1c1ccc(C)cc1. The Kier molecular flexibility index (Phi) is 3.09. The molecule has 0 radical (unpaired) electrons. The van der Waals surface area contributed by atoms with Crippen LogP contribution in [0.2, 0.25) is 0 Å². The quantitative estimate of drug-likeness (QED) is 0.793. The zero-order valence-electron chi connectivity index (χ0n) is 11.8. The number of ether oxygens (including phenoxy) is 1. The maximum absolute atomic E-state index is 12.3. The van der Waals surface area contributed by atoms with Crippen LogP contribution in [0.3, 0.4) is 0 Å². The Balaban J connectivity index is 1.99. The first-order valence-corrected chi connectivity index (χ1v) is 6.89. The van der Waals surface area contributed by atoms with Gasteiger partial charge in [0.25, 0.3) is 0 Å². The van der Waals surface area contributed by atoms with Crippen LogP contribution in [-0.2, 0) is 14.9 Å². The Morgan fingerprint density at radius 2 is 1.75 bits per heavy atom. The second-order valence-corrected chi connectivity index (χ2v) is 5.50. The number of esters is 1. The van der Waals surface area contributed by atoms with Gasteiger partial charge >= 0.3 is 5.97 Å². The summed E-state index contributed by atoms with van der Waals surface area (Å²) in [4.78, 5) is 12.3. The first-order chi connectivity index (χ1) is 9.68. The van der Waals surface area contributed by atoms with Gasteiger partial charge in [0.15, 0.2) is 0 Å². The molecule has 0 N–H and O–H groups in total. The van der Waals surface area contributed by atoms with Crippen molar-refractivity contribution in [2.45, 2.75) is 24.7 Å². The number of methoxy groups -OCH3 is 1. The molecule has 2 nitrogen and oxygen atoms in total. The highest BCUT2D eigenvalue weighted by molar-refractivity contribution is 5.89. The predicted octanol–water partition coefficient (Wildman–Crippen LogP) is 3.59. The van der Waals surface area contributed by atoms with Gasteiger partial charge in [0.2, 0.25) is 0 Å². The van der Waals surface area contributed by atoms with E-state index in [1.54, 1.807) is 0 Å². The lowest BCUT2D eigenvalue weighted by Crippen LogP contribution is -2.24. The molecule has 0 saturated heterocycles. The fourth-order valence-electron chi connectivity index (χ4n) is 3.04. The zero-order valence-corrected chi connectivity index (χ0v) is 11.8. The van der Waals surface area contributed by atoms with Gasteiger partial charge in [-0.25, -0.2) is 0 Å². The Morgan fingerprint density at radius 1 is 1.10 bits per heavy atom. The summed E-state index contributed by atoms with van der Waals surface area (Å²) in [6.07, 6.45) is 0.826. The largest absolute Gasteiger partial charge is 0.468 e. The van der Waals surface area contributed by atoms with E-state index < -0.39 is 5.41 Å². The van der Waals surface area contributed by atoms with E-state index in [9.17, 15) is 4.79 Å². The molecule has 0 amide bonds. The second-order valence-electron chi connectivity index (χ2n) is 5.50. The average Bonchev–Trinajstić information content (AvgIpc) is 3.25. The topological polar surface area (TPSA) is 26.3 Å². The lowest BCUT2D eigenvalue weighted by atomic mass is 9.90. The van der Waals surface area contributed by atoms with E-state index in [-0.39, 0.29) is 11.9 Å². The van der Waals surface area contributed by atoms with E-state index >= 15 is 0 Å². The molecule has 1 saturated carbocycles. The molecule has 3 rings (SSSR count). The van der Waals surface area contributed by atoms with Crippen molar-refractivity contribution in [3.8, 4) is 0 Å². The standard InChI is InChI=1S/C18H18O2/c1-13-8-10-14(11-9-13)16-12-18(16,17(19)20-2)15-6-4-3-5-7-15/h3-11,16H,12H2,1-2H3/t16-,18-/m1/s1. The van der Waals surface area contributed by atoms with Crippen LogP contribution < -0.4 is 0 Å². The van der Waals surface area contributed by atoms with Gasteiger partial charge in [0, 0.05) is 5.92 Å². The van der Waals surface area contributed by atoms with Crippen molar-refractivity contribution < 1.29 is 9.53 Å². The van der Waals surface area contributed by atoms with Crippen LogP contribution in [0.5, 0.6) is 0 Å². The third-order valence-electron chi connectivity index (χ3n) is 4.28. The molecular formula is C18H18O2. The molecule has 2 aromatic carbocycles. The minimum atomic E-state index is -0.495. The Labute approximate surface area is 119 Å². The third-order valence-corrected chi connectivity index (χ3v) is 4.28. The minimum absolute atomic E-state index is 0.130. The Morgan fingerprint density at radius 3 is 2.35 bits per heavy atom. The number of benzene rings is 2. The summed E-state index contributed by atoms with van der Waals surface area (Å²) in [6.45, 7) is 2.07. The first-order valence-electron chi connectivity index (χ1n) is 6.89. The predicted molar refractivity (Wildman–Crippen MR) is 78.7 cm³/mol. The zero-order chi connectivity index (χ0) is 14.2. The summed E-state index contributed by atoms with van der Waals surface area (Å²) in [7, 11) is 1.47.